The van der Waals surface area contributed by atoms with Gasteiger partial charge in [0.2, 0.25) is 5.91 Å². The van der Waals surface area contributed by atoms with E-state index in [0.29, 0.717) is 18.1 Å². The molecule has 1 saturated heterocycles. The molecule has 3 rings (SSSR count). The maximum absolute atomic E-state index is 13.1. The second kappa shape index (κ2) is 7.85. The molecule has 4 nitrogen and oxygen atoms in total. The fourth-order valence-corrected chi connectivity index (χ4v) is 4.22. The number of benzene rings is 1. The first-order valence-electron chi connectivity index (χ1n) is 9.05. The van der Waals surface area contributed by atoms with E-state index in [1.807, 2.05) is 24.3 Å². The number of carbonyl (C=O) groups excluding carboxylic acids is 1. The van der Waals surface area contributed by atoms with Gasteiger partial charge in [-0.25, -0.2) is 0 Å². The summed E-state index contributed by atoms with van der Waals surface area (Å²) in [5, 5.41) is 17.1. The van der Waals surface area contributed by atoms with Crippen LogP contribution < -0.4 is 10.6 Å². The number of nitrogens with one attached hydrogen (secondary N) is 2. The van der Waals surface area contributed by atoms with Crippen LogP contribution in [0.1, 0.15) is 44.1 Å². The van der Waals surface area contributed by atoms with E-state index in [1.165, 1.54) is 6.42 Å². The largest absolute Gasteiger partial charge is 0.391 e. The van der Waals surface area contributed by atoms with Crippen LogP contribution in [0, 0.1) is 5.92 Å². The molecule has 132 valence electrons. The van der Waals surface area contributed by atoms with Gasteiger partial charge in [-0.3, -0.25) is 4.79 Å². The maximum atomic E-state index is 13.1. The average molecular weight is 351 g/mol. The highest BCUT2D eigenvalue weighted by Crippen LogP contribution is 2.40. The van der Waals surface area contributed by atoms with Crippen molar-refractivity contribution in [1.82, 2.24) is 10.6 Å². The Morgan fingerprint density at radius 3 is 2.62 bits per heavy atom. The van der Waals surface area contributed by atoms with Crippen molar-refractivity contribution in [1.29, 1.82) is 0 Å². The molecule has 2 atom stereocenters. The van der Waals surface area contributed by atoms with Crippen molar-refractivity contribution in [3.05, 3.63) is 34.9 Å². The molecule has 1 saturated carbocycles. The number of aliphatic hydroxyl groups is 1. The molecule has 1 aromatic carbocycles. The average Bonchev–Trinajstić information content (AvgIpc) is 2.62. The number of carbonyl (C=O) groups is 1. The zero-order valence-electron chi connectivity index (χ0n) is 14.1. The summed E-state index contributed by atoms with van der Waals surface area (Å²) >= 11 is 6.02. The summed E-state index contributed by atoms with van der Waals surface area (Å²) in [7, 11) is 0. The lowest BCUT2D eigenvalue weighted by Crippen LogP contribution is -2.50. The molecular weight excluding hydrogens is 324 g/mol. The molecule has 0 bridgehead atoms. The normalized spacial score (nSPS) is 26.8. The third kappa shape index (κ3) is 3.76. The second-order valence-electron chi connectivity index (χ2n) is 7.18. The zero-order valence-corrected chi connectivity index (χ0v) is 14.8. The Hall–Kier alpha value is -1.10. The molecule has 1 aliphatic carbocycles. The summed E-state index contributed by atoms with van der Waals surface area (Å²) in [5.41, 5.74) is 0.621. The molecule has 2 aliphatic rings. The molecule has 0 spiro atoms. The SMILES string of the molecule is O=C(NC[C@@H]1CCNC[C@H]1O)C1(c2ccc(Cl)cc2)CCCCC1. The number of hydrogen-bond acceptors (Lipinski definition) is 3. The third-order valence-electron chi connectivity index (χ3n) is 5.65. The van der Waals surface area contributed by atoms with Crippen LogP contribution in [0.2, 0.25) is 5.02 Å². The molecular formula is C19H27ClN2O2. The smallest absolute Gasteiger partial charge is 0.230 e. The van der Waals surface area contributed by atoms with Crippen LogP contribution in [-0.2, 0) is 10.2 Å². The molecule has 5 heteroatoms. The first-order chi connectivity index (χ1) is 11.6. The minimum absolute atomic E-state index is 0.107. The Balaban J connectivity index is 1.73. The Morgan fingerprint density at radius 2 is 1.96 bits per heavy atom. The maximum Gasteiger partial charge on any atom is 0.230 e. The zero-order chi connectivity index (χ0) is 17.0. The number of aliphatic hydroxyl groups excluding tert-OH is 1. The molecule has 1 amide bonds. The van der Waals surface area contributed by atoms with Gasteiger partial charge in [0.15, 0.2) is 0 Å². The van der Waals surface area contributed by atoms with Gasteiger partial charge in [0.1, 0.15) is 0 Å². The molecule has 1 aromatic rings. The van der Waals surface area contributed by atoms with Gasteiger partial charge in [0.25, 0.3) is 0 Å². The predicted molar refractivity (Wildman–Crippen MR) is 96.2 cm³/mol. The monoisotopic (exact) mass is 350 g/mol. The minimum atomic E-state index is -0.444. The van der Waals surface area contributed by atoms with Crippen LogP contribution in [0.15, 0.2) is 24.3 Å². The van der Waals surface area contributed by atoms with E-state index in [2.05, 4.69) is 10.6 Å². The van der Waals surface area contributed by atoms with Crippen LogP contribution in [-0.4, -0.2) is 36.8 Å². The lowest BCUT2D eigenvalue weighted by Gasteiger charge is -2.37. The topological polar surface area (TPSA) is 61.4 Å². The summed E-state index contributed by atoms with van der Waals surface area (Å²) in [5.74, 6) is 0.247. The molecule has 2 fully saturated rings. The van der Waals surface area contributed by atoms with Crippen molar-refractivity contribution < 1.29 is 9.90 Å². The number of hydrogen-bond donors (Lipinski definition) is 3. The van der Waals surface area contributed by atoms with Crippen LogP contribution in [0.5, 0.6) is 0 Å². The van der Waals surface area contributed by atoms with E-state index in [9.17, 15) is 9.90 Å². The van der Waals surface area contributed by atoms with Crippen LogP contribution in [0.3, 0.4) is 0 Å². The van der Waals surface area contributed by atoms with E-state index < -0.39 is 5.41 Å². The first-order valence-corrected chi connectivity index (χ1v) is 9.43. The van der Waals surface area contributed by atoms with Gasteiger partial charge in [-0.15, -0.1) is 0 Å². The Labute approximate surface area is 149 Å². The van der Waals surface area contributed by atoms with Gasteiger partial charge in [-0.1, -0.05) is 43.0 Å². The van der Waals surface area contributed by atoms with E-state index in [0.717, 1.165) is 44.2 Å². The lowest BCUT2D eigenvalue weighted by molar-refractivity contribution is -0.128. The van der Waals surface area contributed by atoms with Gasteiger partial charge < -0.3 is 15.7 Å². The Morgan fingerprint density at radius 1 is 1.25 bits per heavy atom. The molecule has 0 unspecified atom stereocenters. The lowest BCUT2D eigenvalue weighted by atomic mass is 9.68. The first kappa shape index (κ1) is 17.7. The van der Waals surface area contributed by atoms with E-state index in [-0.39, 0.29) is 17.9 Å². The van der Waals surface area contributed by atoms with Crippen molar-refractivity contribution in [2.75, 3.05) is 19.6 Å². The van der Waals surface area contributed by atoms with Gasteiger partial charge >= 0.3 is 0 Å². The summed E-state index contributed by atoms with van der Waals surface area (Å²) in [6, 6.07) is 7.73. The standard InChI is InChI=1S/C19H27ClN2O2/c20-16-6-4-15(5-7-16)19(9-2-1-3-10-19)18(24)22-12-14-8-11-21-13-17(14)23/h4-7,14,17,21,23H,1-3,8-13H2,(H,22,24)/t14-,17+/m0/s1. The fraction of sp³-hybridized carbons (Fsp3) is 0.632. The van der Waals surface area contributed by atoms with Gasteiger partial charge in [-0.05, 0) is 43.5 Å². The van der Waals surface area contributed by atoms with Gasteiger partial charge in [0, 0.05) is 24.0 Å². The minimum Gasteiger partial charge on any atom is -0.391 e. The second-order valence-corrected chi connectivity index (χ2v) is 7.62. The quantitative estimate of drug-likeness (QED) is 0.782. The summed E-state index contributed by atoms with van der Waals surface area (Å²) in [4.78, 5) is 13.1. The molecule has 0 radical (unpaired) electrons. The third-order valence-corrected chi connectivity index (χ3v) is 5.90. The van der Waals surface area contributed by atoms with E-state index >= 15 is 0 Å². The number of halogens is 1. The highest BCUT2D eigenvalue weighted by molar-refractivity contribution is 6.30. The number of β-amino-alcohol motifs (C(OH)–C–C–N with tert-alkyl or cyclic N) is 1. The van der Waals surface area contributed by atoms with Crippen molar-refractivity contribution >= 4 is 17.5 Å². The van der Waals surface area contributed by atoms with Crippen LogP contribution >= 0.6 is 11.6 Å². The van der Waals surface area contributed by atoms with Gasteiger partial charge in [0.05, 0.1) is 11.5 Å². The molecule has 24 heavy (non-hydrogen) atoms. The highest BCUT2D eigenvalue weighted by atomic mass is 35.5. The van der Waals surface area contributed by atoms with Crippen molar-refractivity contribution in [3.8, 4) is 0 Å². The van der Waals surface area contributed by atoms with E-state index in [4.69, 9.17) is 11.6 Å². The highest BCUT2D eigenvalue weighted by Gasteiger charge is 2.41. The predicted octanol–water partition coefficient (Wildman–Crippen LogP) is 2.63. The molecule has 1 heterocycles. The van der Waals surface area contributed by atoms with Crippen molar-refractivity contribution in [3.63, 3.8) is 0 Å². The number of amides is 1. The van der Waals surface area contributed by atoms with Gasteiger partial charge in [-0.2, -0.15) is 0 Å². The fourth-order valence-electron chi connectivity index (χ4n) is 4.10. The van der Waals surface area contributed by atoms with Crippen LogP contribution in [0.25, 0.3) is 0 Å². The summed E-state index contributed by atoms with van der Waals surface area (Å²) < 4.78 is 0. The number of rotatable bonds is 4. The number of piperidine rings is 1. The summed E-state index contributed by atoms with van der Waals surface area (Å²) in [6.45, 7) is 2.07. The van der Waals surface area contributed by atoms with E-state index in [1.54, 1.807) is 0 Å². The van der Waals surface area contributed by atoms with Crippen molar-refractivity contribution in [2.45, 2.75) is 50.0 Å². The van der Waals surface area contributed by atoms with Crippen LogP contribution in [0.4, 0.5) is 0 Å². The Bertz CT molecular complexity index is 555. The van der Waals surface area contributed by atoms with Crippen molar-refractivity contribution in [2.24, 2.45) is 5.92 Å². The molecule has 0 aromatic heterocycles. The molecule has 1 aliphatic heterocycles. The summed E-state index contributed by atoms with van der Waals surface area (Å²) in [6.07, 6.45) is 5.63. The Kier molecular flexibility index (Phi) is 5.80. The molecule has 3 N–H and O–H groups in total.